The first-order valence-corrected chi connectivity index (χ1v) is 11.1. The van der Waals surface area contributed by atoms with Gasteiger partial charge in [0.1, 0.15) is 24.9 Å². The van der Waals surface area contributed by atoms with Gasteiger partial charge < -0.3 is 29.0 Å². The predicted molar refractivity (Wildman–Crippen MR) is 124 cm³/mol. The first-order valence-electron chi connectivity index (χ1n) is 11.1. The summed E-state index contributed by atoms with van der Waals surface area (Å²) in [6.07, 6.45) is -1.91. The van der Waals surface area contributed by atoms with E-state index in [2.05, 4.69) is 18.5 Å². The maximum atomic E-state index is 12.9. The number of carbonyl (C=O) groups excluding carboxylic acids is 2. The molecule has 1 amide bonds. The highest BCUT2D eigenvalue weighted by molar-refractivity contribution is 5.81. The molecule has 8 nitrogen and oxygen atoms in total. The fraction of sp³-hybridized carbons (Fsp3) is 0.520. The van der Waals surface area contributed by atoms with Crippen LogP contribution in [0.4, 0.5) is 4.79 Å². The van der Waals surface area contributed by atoms with Crippen molar-refractivity contribution in [2.45, 2.75) is 58.2 Å². The second-order valence-corrected chi connectivity index (χ2v) is 8.22. The molecular formula is C25H35NO7. The number of benzene rings is 1. The Balaban J connectivity index is 2.07. The van der Waals surface area contributed by atoms with Crippen LogP contribution >= 0.6 is 0 Å². The normalized spacial score (nSPS) is 23.4. The van der Waals surface area contributed by atoms with Crippen molar-refractivity contribution >= 4 is 12.1 Å². The molecule has 0 spiro atoms. The van der Waals surface area contributed by atoms with E-state index in [1.165, 1.54) is 0 Å². The van der Waals surface area contributed by atoms with Crippen molar-refractivity contribution in [3.63, 3.8) is 0 Å². The third kappa shape index (κ3) is 9.37. The molecule has 8 heteroatoms. The van der Waals surface area contributed by atoms with Crippen molar-refractivity contribution in [3.8, 4) is 0 Å². The number of ether oxygens (including phenoxy) is 5. The van der Waals surface area contributed by atoms with Gasteiger partial charge in [0.15, 0.2) is 6.04 Å². The van der Waals surface area contributed by atoms with E-state index < -0.39 is 36.4 Å². The Bertz CT molecular complexity index is 795. The second-order valence-electron chi connectivity index (χ2n) is 8.22. The average molecular weight is 462 g/mol. The van der Waals surface area contributed by atoms with Gasteiger partial charge >= 0.3 is 12.1 Å². The van der Waals surface area contributed by atoms with E-state index in [0.29, 0.717) is 19.6 Å². The number of rotatable bonds is 10. The largest absolute Gasteiger partial charge is 0.458 e. The van der Waals surface area contributed by atoms with E-state index in [9.17, 15) is 9.59 Å². The molecule has 1 N–H and O–H groups in total. The van der Waals surface area contributed by atoms with Crippen LogP contribution in [0.2, 0.25) is 0 Å². The molecule has 1 aliphatic heterocycles. The fourth-order valence-electron chi connectivity index (χ4n) is 3.17. The fourth-order valence-corrected chi connectivity index (χ4v) is 3.17. The topological polar surface area (TPSA) is 92.3 Å². The zero-order valence-electron chi connectivity index (χ0n) is 19.7. The van der Waals surface area contributed by atoms with Crippen molar-refractivity contribution < 1.29 is 33.3 Å². The van der Waals surface area contributed by atoms with Crippen LogP contribution in [0.1, 0.15) is 32.8 Å². The minimum absolute atomic E-state index is 0.0838. The quantitative estimate of drug-likeness (QED) is 0.421. The van der Waals surface area contributed by atoms with Gasteiger partial charge in [-0.05, 0) is 25.8 Å². The van der Waals surface area contributed by atoms with Crippen molar-refractivity contribution in [2.24, 2.45) is 0 Å². The zero-order valence-corrected chi connectivity index (χ0v) is 19.7. The van der Waals surface area contributed by atoms with Crippen molar-refractivity contribution in [1.29, 1.82) is 0 Å². The Hall–Kier alpha value is -2.68. The smallest absolute Gasteiger partial charge is 0.408 e. The molecule has 1 heterocycles. The molecule has 1 aliphatic rings. The highest BCUT2D eigenvalue weighted by atomic mass is 16.6. The van der Waals surface area contributed by atoms with Crippen molar-refractivity contribution in [2.75, 3.05) is 26.4 Å². The van der Waals surface area contributed by atoms with Gasteiger partial charge in [0, 0.05) is 0 Å². The van der Waals surface area contributed by atoms with Gasteiger partial charge in [-0.3, -0.25) is 0 Å². The summed E-state index contributed by atoms with van der Waals surface area (Å²) >= 11 is 0. The molecule has 182 valence electrons. The lowest BCUT2D eigenvalue weighted by Crippen LogP contribution is -2.47. The minimum atomic E-state index is -1.02. The molecule has 0 unspecified atom stereocenters. The summed E-state index contributed by atoms with van der Waals surface area (Å²) < 4.78 is 28.7. The number of alkyl carbamates (subject to hydrolysis) is 1. The van der Waals surface area contributed by atoms with Gasteiger partial charge in [0.25, 0.3) is 0 Å². The lowest BCUT2D eigenvalue weighted by molar-refractivity contribution is -0.168. The molecule has 0 saturated carbocycles. The first kappa shape index (κ1) is 26.6. The van der Waals surface area contributed by atoms with Crippen LogP contribution in [0.25, 0.3) is 0 Å². The van der Waals surface area contributed by atoms with Crippen LogP contribution in [0.5, 0.6) is 0 Å². The number of amides is 1. The summed E-state index contributed by atoms with van der Waals surface area (Å²) in [5.74, 6) is -0.622. The number of nitrogens with one attached hydrogen (secondary N) is 1. The third-order valence-corrected chi connectivity index (χ3v) is 4.82. The van der Waals surface area contributed by atoms with Crippen LogP contribution in [-0.2, 0) is 35.1 Å². The van der Waals surface area contributed by atoms with Crippen LogP contribution in [0.3, 0.4) is 0 Å². The minimum Gasteiger partial charge on any atom is -0.458 e. The number of esters is 1. The van der Waals surface area contributed by atoms with Crippen LogP contribution in [-0.4, -0.2) is 62.8 Å². The second kappa shape index (κ2) is 13.8. The Labute approximate surface area is 195 Å². The molecule has 2 rings (SSSR count). The van der Waals surface area contributed by atoms with Gasteiger partial charge in [-0.25, -0.2) is 9.59 Å². The van der Waals surface area contributed by atoms with Gasteiger partial charge in [-0.2, -0.15) is 0 Å². The summed E-state index contributed by atoms with van der Waals surface area (Å²) in [5, 5.41) is 2.54. The van der Waals surface area contributed by atoms with E-state index in [1.54, 1.807) is 0 Å². The maximum absolute atomic E-state index is 12.9. The number of cyclic esters (lactones) is 1. The molecular weight excluding hydrogens is 426 g/mol. The first-order chi connectivity index (χ1) is 15.8. The summed E-state index contributed by atoms with van der Waals surface area (Å²) in [6.45, 7) is 14.1. The van der Waals surface area contributed by atoms with Gasteiger partial charge in [-0.1, -0.05) is 61.6 Å². The maximum Gasteiger partial charge on any atom is 0.408 e. The molecule has 0 bridgehead atoms. The van der Waals surface area contributed by atoms with E-state index in [-0.39, 0.29) is 19.8 Å². The summed E-state index contributed by atoms with van der Waals surface area (Å²) in [6, 6.07) is 8.23. The lowest BCUT2D eigenvalue weighted by Gasteiger charge is -2.32. The number of hydrogen-bond donors (Lipinski definition) is 1. The average Bonchev–Trinajstić information content (AvgIpc) is 2.84. The SMILES string of the molecule is C=C(C)CO[C@@H]1[C@@H](OCC(=C)C)COC[C@H](NC(=O)OCc2ccccc2)C(=O)O[C@H]1CC. The van der Waals surface area contributed by atoms with Crippen molar-refractivity contribution in [1.82, 2.24) is 5.32 Å². The van der Waals surface area contributed by atoms with Gasteiger partial charge in [0.2, 0.25) is 0 Å². The monoisotopic (exact) mass is 461 g/mol. The molecule has 4 atom stereocenters. The van der Waals surface area contributed by atoms with Gasteiger partial charge in [-0.15, -0.1) is 0 Å². The number of carbonyl (C=O) groups is 2. The molecule has 0 aromatic heterocycles. The highest BCUT2D eigenvalue weighted by Gasteiger charge is 2.37. The Morgan fingerprint density at radius 3 is 2.39 bits per heavy atom. The zero-order chi connectivity index (χ0) is 24.2. The van der Waals surface area contributed by atoms with Crippen LogP contribution in [0.15, 0.2) is 54.6 Å². The molecule has 1 fully saturated rings. The van der Waals surface area contributed by atoms with E-state index >= 15 is 0 Å². The third-order valence-electron chi connectivity index (χ3n) is 4.82. The molecule has 1 aromatic rings. The molecule has 0 radical (unpaired) electrons. The van der Waals surface area contributed by atoms with Crippen molar-refractivity contribution in [3.05, 3.63) is 60.2 Å². The van der Waals surface area contributed by atoms with Gasteiger partial charge in [0.05, 0.1) is 26.4 Å². The molecule has 1 aromatic carbocycles. The van der Waals surface area contributed by atoms with Crippen LogP contribution in [0, 0.1) is 0 Å². The van der Waals surface area contributed by atoms with Crippen LogP contribution < -0.4 is 5.32 Å². The highest BCUT2D eigenvalue weighted by Crippen LogP contribution is 2.20. The Morgan fingerprint density at radius 1 is 1.09 bits per heavy atom. The predicted octanol–water partition coefficient (Wildman–Crippen LogP) is 3.56. The van der Waals surface area contributed by atoms with E-state index in [1.807, 2.05) is 51.1 Å². The summed E-state index contributed by atoms with van der Waals surface area (Å²) in [7, 11) is 0. The standard InChI is InChI=1S/C25H35NO7/c1-6-21-23(31-13-18(4)5)22(30-12-17(2)3)16-29-15-20(24(27)33-21)26-25(28)32-14-19-10-8-7-9-11-19/h7-11,20-23H,2,4,6,12-16H2,1,3,5H3,(H,26,28)/t20-,21-,22-,23-/m0/s1. The lowest BCUT2D eigenvalue weighted by atomic mass is 10.1. The molecule has 1 saturated heterocycles. The number of hydrogen-bond acceptors (Lipinski definition) is 7. The Kier molecular flexibility index (Phi) is 11.1. The Morgan fingerprint density at radius 2 is 1.76 bits per heavy atom. The molecule has 0 aliphatic carbocycles. The summed E-state index contributed by atoms with van der Waals surface area (Å²) in [5.41, 5.74) is 2.51. The summed E-state index contributed by atoms with van der Waals surface area (Å²) in [4.78, 5) is 25.1. The van der Waals surface area contributed by atoms with E-state index in [0.717, 1.165) is 16.7 Å². The molecule has 33 heavy (non-hydrogen) atoms. The van der Waals surface area contributed by atoms with E-state index in [4.69, 9.17) is 23.7 Å².